The smallest absolute Gasteiger partial charge is 1.00 e. The summed E-state index contributed by atoms with van der Waals surface area (Å²) in [6.07, 6.45) is 3.64. The van der Waals surface area contributed by atoms with Crippen LogP contribution in [0.4, 0.5) is 5.69 Å². The van der Waals surface area contributed by atoms with E-state index in [9.17, 15) is 32.9 Å². The van der Waals surface area contributed by atoms with Crippen LogP contribution in [-0.2, 0) is 24.5 Å². The number of hydrogen-bond donors (Lipinski definition) is 1. The first kappa shape index (κ1) is 24.9. The second-order valence-corrected chi connectivity index (χ2v) is 7.23. The van der Waals surface area contributed by atoms with Crippen molar-refractivity contribution in [1.29, 1.82) is 0 Å². The van der Waals surface area contributed by atoms with Crippen molar-refractivity contribution in [2.75, 3.05) is 6.54 Å². The van der Waals surface area contributed by atoms with Crippen molar-refractivity contribution in [2.24, 2.45) is 0 Å². The van der Waals surface area contributed by atoms with Crippen molar-refractivity contribution < 1.29 is 68.0 Å². The van der Waals surface area contributed by atoms with E-state index in [1.54, 1.807) is 0 Å². The molecule has 1 heterocycles. The maximum absolute atomic E-state index is 11.9. The fourth-order valence-corrected chi connectivity index (χ4v) is 2.93. The van der Waals surface area contributed by atoms with Gasteiger partial charge in [-0.2, -0.15) is 8.42 Å². The topological polar surface area (TPSA) is 161 Å². The summed E-state index contributed by atoms with van der Waals surface area (Å²) in [4.78, 5) is 45.1. The summed E-state index contributed by atoms with van der Waals surface area (Å²) in [5, 5.41) is 11.0. The average molecular weight is 436 g/mol. The van der Waals surface area contributed by atoms with E-state index in [2.05, 4.69) is 0 Å². The summed E-state index contributed by atoms with van der Waals surface area (Å²) in [6, 6.07) is 2.38. The fourth-order valence-electron chi connectivity index (χ4n) is 2.43. The number of ether oxygens (including phenoxy) is 1. The number of benzene rings is 1. The molecule has 152 valence electrons. The molecular formula is C16H17N2NaO9S. The van der Waals surface area contributed by atoms with Gasteiger partial charge in [0.2, 0.25) is 5.75 Å². The molecule has 2 rings (SSSR count). The number of esters is 1. The molecule has 0 fully saturated rings. The number of amides is 2. The number of hydrogen-bond acceptors (Lipinski definition) is 8. The Balaban J connectivity index is 0.00000420. The van der Waals surface area contributed by atoms with Gasteiger partial charge in [-0.15, -0.1) is 0 Å². The molecule has 1 N–H and O–H groups in total. The van der Waals surface area contributed by atoms with E-state index in [4.69, 9.17) is 9.29 Å². The first-order chi connectivity index (χ1) is 13.1. The minimum Gasteiger partial charge on any atom is -1.00 e. The van der Waals surface area contributed by atoms with Crippen molar-refractivity contribution in [1.82, 2.24) is 4.90 Å². The molecule has 0 aliphatic carbocycles. The number of rotatable bonds is 9. The summed E-state index contributed by atoms with van der Waals surface area (Å²) in [5.74, 6) is -1.98. The molecule has 0 bridgehead atoms. The van der Waals surface area contributed by atoms with Gasteiger partial charge in [-0.1, -0.05) is 6.42 Å². The molecule has 0 saturated carbocycles. The molecule has 11 nitrogen and oxygen atoms in total. The van der Waals surface area contributed by atoms with Crippen LogP contribution in [-0.4, -0.2) is 47.1 Å². The zero-order valence-corrected chi connectivity index (χ0v) is 18.3. The summed E-state index contributed by atoms with van der Waals surface area (Å²) in [7, 11) is -4.64. The molecule has 0 atom stereocenters. The van der Waals surface area contributed by atoms with Gasteiger partial charge in [0.25, 0.3) is 21.9 Å². The molecule has 29 heavy (non-hydrogen) atoms. The predicted molar refractivity (Wildman–Crippen MR) is 94.0 cm³/mol. The molecule has 1 aromatic rings. The Morgan fingerprint density at radius 2 is 1.79 bits per heavy atom. The van der Waals surface area contributed by atoms with Crippen LogP contribution in [0.2, 0.25) is 0 Å². The summed E-state index contributed by atoms with van der Waals surface area (Å²) in [5.41, 5.74) is -0.776. The third-order valence-electron chi connectivity index (χ3n) is 3.81. The van der Waals surface area contributed by atoms with Crippen LogP contribution in [0.3, 0.4) is 0 Å². The van der Waals surface area contributed by atoms with Gasteiger partial charge in [0.1, 0.15) is 4.90 Å². The zero-order valence-electron chi connectivity index (χ0n) is 16.4. The fraction of sp³-hybridized carbons (Fsp3) is 0.312. The maximum atomic E-state index is 11.9. The normalized spacial score (nSPS) is 13.3. The van der Waals surface area contributed by atoms with Gasteiger partial charge in [-0.25, -0.2) is 0 Å². The van der Waals surface area contributed by atoms with Crippen LogP contribution in [0, 0.1) is 10.1 Å². The van der Waals surface area contributed by atoms with Crippen LogP contribution in [0.15, 0.2) is 35.2 Å². The Bertz CT molecular complexity index is 947. The van der Waals surface area contributed by atoms with Crippen molar-refractivity contribution in [3.63, 3.8) is 0 Å². The van der Waals surface area contributed by atoms with Crippen LogP contribution in [0.25, 0.3) is 0 Å². The third-order valence-corrected chi connectivity index (χ3v) is 4.66. The van der Waals surface area contributed by atoms with Crippen LogP contribution < -0.4 is 34.3 Å². The van der Waals surface area contributed by atoms with E-state index in [1.807, 2.05) is 0 Å². The molecule has 0 unspecified atom stereocenters. The second-order valence-electron chi connectivity index (χ2n) is 5.81. The maximum Gasteiger partial charge on any atom is 1.00 e. The largest absolute Gasteiger partial charge is 1.00 e. The average Bonchev–Trinajstić information content (AvgIpc) is 2.92. The Hall–Kier alpha value is -2.12. The molecule has 1 aromatic carbocycles. The summed E-state index contributed by atoms with van der Waals surface area (Å²) in [6.45, 7) is 0.224. The van der Waals surface area contributed by atoms with Gasteiger partial charge in [0.15, 0.2) is 0 Å². The minimum absolute atomic E-state index is 0. The van der Waals surface area contributed by atoms with Crippen LogP contribution in [0.5, 0.6) is 5.75 Å². The van der Waals surface area contributed by atoms with Crippen molar-refractivity contribution >= 4 is 33.6 Å². The number of imide groups is 1. The minimum atomic E-state index is -4.64. The van der Waals surface area contributed by atoms with Gasteiger partial charge in [-0.3, -0.25) is 34.0 Å². The number of carbonyl (C=O) groups is 3. The standard InChI is InChI=1S/C16H16N2O9S.Na.H/c19-14-7-8-15(20)17(14)9-3-1-2-4-16(21)27-13-6-5-11(28(24,25)26)10-12(13)18(22)23;;/h5-8,10H,1-4,9H2,(H,24,25,26);;/q;+1;-1. The summed E-state index contributed by atoms with van der Waals surface area (Å²) >= 11 is 0. The van der Waals surface area contributed by atoms with E-state index >= 15 is 0 Å². The van der Waals surface area contributed by atoms with E-state index in [1.165, 1.54) is 12.2 Å². The van der Waals surface area contributed by atoms with Gasteiger partial charge >= 0.3 is 41.2 Å². The Labute approximate surface area is 189 Å². The van der Waals surface area contributed by atoms with Crippen molar-refractivity contribution in [3.8, 4) is 5.75 Å². The van der Waals surface area contributed by atoms with E-state index < -0.39 is 37.3 Å². The van der Waals surface area contributed by atoms with E-state index in [0.717, 1.165) is 17.0 Å². The zero-order chi connectivity index (χ0) is 20.9. The Morgan fingerprint density at radius 3 is 2.34 bits per heavy atom. The van der Waals surface area contributed by atoms with E-state index in [-0.39, 0.29) is 55.8 Å². The van der Waals surface area contributed by atoms with E-state index in [0.29, 0.717) is 25.3 Å². The van der Waals surface area contributed by atoms with Crippen molar-refractivity contribution in [2.45, 2.75) is 30.6 Å². The molecule has 0 radical (unpaired) electrons. The monoisotopic (exact) mass is 436 g/mol. The quantitative estimate of drug-likeness (QED) is 0.0699. The predicted octanol–water partition coefficient (Wildman–Crippen LogP) is -1.65. The molecule has 0 spiro atoms. The molecule has 0 saturated heterocycles. The number of unbranched alkanes of at least 4 members (excludes halogenated alkanes) is 2. The van der Waals surface area contributed by atoms with Crippen LogP contribution in [0.1, 0.15) is 27.1 Å². The number of nitro groups is 1. The molecule has 1 aliphatic rings. The van der Waals surface area contributed by atoms with Gasteiger partial charge in [0, 0.05) is 31.2 Å². The number of carbonyl (C=O) groups excluding carboxylic acids is 3. The molecule has 13 heteroatoms. The van der Waals surface area contributed by atoms with Gasteiger partial charge < -0.3 is 6.16 Å². The third kappa shape index (κ3) is 7.01. The van der Waals surface area contributed by atoms with Gasteiger partial charge in [0.05, 0.1) is 4.92 Å². The van der Waals surface area contributed by atoms with Crippen LogP contribution >= 0.6 is 0 Å². The summed E-state index contributed by atoms with van der Waals surface area (Å²) < 4.78 is 36.0. The molecule has 1 aliphatic heterocycles. The SMILES string of the molecule is O=C(CCCCCN1C(=O)C=CC1=O)Oc1ccc(S(=O)(=O)O)cc1[N+](=O)[O-].[H-].[Na+]. The Morgan fingerprint density at radius 1 is 1.17 bits per heavy atom. The molecule has 2 amide bonds. The van der Waals surface area contributed by atoms with Gasteiger partial charge in [-0.05, 0) is 25.0 Å². The molecular weight excluding hydrogens is 419 g/mol. The Kier molecular flexibility index (Phi) is 9.11. The molecule has 0 aromatic heterocycles. The first-order valence-corrected chi connectivity index (χ1v) is 9.54. The van der Waals surface area contributed by atoms with Crippen molar-refractivity contribution in [3.05, 3.63) is 40.5 Å². The first-order valence-electron chi connectivity index (χ1n) is 8.10. The second kappa shape index (κ2) is 10.6. The number of nitrogens with zero attached hydrogens (tertiary/aromatic N) is 2. The number of nitro benzene ring substituents is 1.